The highest BCUT2D eigenvalue weighted by Crippen LogP contribution is 2.25. The van der Waals surface area contributed by atoms with Crippen molar-refractivity contribution in [2.24, 2.45) is 10.9 Å². The van der Waals surface area contributed by atoms with Crippen LogP contribution in [0, 0.1) is 5.92 Å². The molecule has 0 N–H and O–H groups in total. The maximum atomic E-state index is 11.6. The normalized spacial score (nSPS) is 26.9. The molecule has 4 heteroatoms. The van der Waals surface area contributed by atoms with Gasteiger partial charge in [0.15, 0.2) is 6.10 Å². The van der Waals surface area contributed by atoms with E-state index in [1.165, 1.54) is 5.57 Å². The molecule has 1 aliphatic carbocycles. The topological polar surface area (TPSA) is 47.9 Å². The van der Waals surface area contributed by atoms with E-state index in [2.05, 4.69) is 37.1 Å². The molecule has 0 amide bonds. The zero-order valence-electron chi connectivity index (χ0n) is 13.4. The molecule has 0 aromatic heterocycles. The van der Waals surface area contributed by atoms with Crippen molar-refractivity contribution in [2.45, 2.75) is 58.8 Å². The molecule has 2 aliphatic rings. The fraction of sp³-hybridized carbons (Fsp3) is 0.647. The van der Waals surface area contributed by atoms with Gasteiger partial charge in [-0.25, -0.2) is 4.79 Å². The number of hydrogen-bond donors (Lipinski definition) is 0. The van der Waals surface area contributed by atoms with Gasteiger partial charge in [0.25, 0.3) is 0 Å². The summed E-state index contributed by atoms with van der Waals surface area (Å²) in [5.41, 5.74) is 2.55. The minimum absolute atomic E-state index is 0.277. The maximum absolute atomic E-state index is 11.6. The van der Waals surface area contributed by atoms with Crippen molar-refractivity contribution >= 4 is 11.7 Å². The van der Waals surface area contributed by atoms with Crippen molar-refractivity contribution in [3.05, 3.63) is 23.8 Å². The molecule has 1 unspecified atom stereocenters. The second kappa shape index (κ2) is 6.56. The van der Waals surface area contributed by atoms with E-state index in [-0.39, 0.29) is 5.97 Å². The summed E-state index contributed by atoms with van der Waals surface area (Å²) in [7, 11) is 0. The standard InChI is InChI=1S/C17H25NO3/c1-12(2)13-6-5-7-14(9-8-13)18-11-10-15-16(19)21-17(3,4)20-15/h5-7,12,15H,8-11H2,1-4H3. The third-order valence-electron chi connectivity index (χ3n) is 3.75. The first-order chi connectivity index (χ1) is 9.87. The number of cyclic esters (lactones) is 1. The lowest BCUT2D eigenvalue weighted by Crippen LogP contribution is -2.21. The van der Waals surface area contributed by atoms with Gasteiger partial charge in [-0.05, 0) is 24.8 Å². The summed E-state index contributed by atoms with van der Waals surface area (Å²) in [4.78, 5) is 16.2. The summed E-state index contributed by atoms with van der Waals surface area (Å²) >= 11 is 0. The number of aliphatic imine (C=N–C) groups is 1. The van der Waals surface area contributed by atoms with Crippen molar-refractivity contribution < 1.29 is 14.3 Å². The molecule has 0 aromatic rings. The van der Waals surface area contributed by atoms with Crippen molar-refractivity contribution in [3.8, 4) is 0 Å². The number of rotatable bonds is 4. The third-order valence-corrected chi connectivity index (χ3v) is 3.75. The summed E-state index contributed by atoms with van der Waals surface area (Å²) in [6.07, 6.45) is 8.43. The fourth-order valence-electron chi connectivity index (χ4n) is 2.56. The summed E-state index contributed by atoms with van der Waals surface area (Å²) in [5.74, 6) is -0.494. The summed E-state index contributed by atoms with van der Waals surface area (Å²) < 4.78 is 10.7. The molecule has 2 rings (SSSR count). The smallest absolute Gasteiger partial charge is 0.337 e. The van der Waals surface area contributed by atoms with Crippen LogP contribution in [0.5, 0.6) is 0 Å². The van der Waals surface area contributed by atoms with Crippen LogP contribution in [0.1, 0.15) is 47.0 Å². The average molecular weight is 291 g/mol. The van der Waals surface area contributed by atoms with Gasteiger partial charge in [-0.15, -0.1) is 0 Å². The molecule has 1 atom stereocenters. The van der Waals surface area contributed by atoms with E-state index in [1.54, 1.807) is 13.8 Å². The molecular formula is C17H25NO3. The Balaban J connectivity index is 1.83. The molecule has 0 spiro atoms. The van der Waals surface area contributed by atoms with E-state index in [1.807, 2.05) is 0 Å². The minimum atomic E-state index is -0.798. The molecule has 0 saturated carbocycles. The van der Waals surface area contributed by atoms with E-state index in [0.29, 0.717) is 18.9 Å². The average Bonchev–Trinajstić information content (AvgIpc) is 2.56. The molecule has 1 fully saturated rings. The Labute approximate surface area is 126 Å². The van der Waals surface area contributed by atoms with E-state index in [4.69, 9.17) is 9.47 Å². The Bertz CT molecular complexity index is 486. The monoisotopic (exact) mass is 291 g/mol. The molecular weight excluding hydrogens is 266 g/mol. The van der Waals surface area contributed by atoms with Crippen molar-refractivity contribution in [2.75, 3.05) is 6.54 Å². The zero-order chi connectivity index (χ0) is 15.5. The Morgan fingerprint density at radius 3 is 2.76 bits per heavy atom. The lowest BCUT2D eigenvalue weighted by molar-refractivity contribution is -0.160. The second-order valence-corrected chi connectivity index (χ2v) is 6.34. The van der Waals surface area contributed by atoms with Crippen LogP contribution in [-0.4, -0.2) is 30.1 Å². The molecule has 4 nitrogen and oxygen atoms in total. The zero-order valence-corrected chi connectivity index (χ0v) is 13.4. The number of hydrogen-bond acceptors (Lipinski definition) is 4. The van der Waals surface area contributed by atoms with Gasteiger partial charge >= 0.3 is 5.97 Å². The van der Waals surface area contributed by atoms with Crippen LogP contribution in [0.25, 0.3) is 0 Å². The molecule has 0 bridgehead atoms. The quantitative estimate of drug-likeness (QED) is 0.746. The Morgan fingerprint density at radius 1 is 1.38 bits per heavy atom. The first-order valence-corrected chi connectivity index (χ1v) is 7.68. The van der Waals surface area contributed by atoms with Gasteiger partial charge in [0.2, 0.25) is 5.79 Å². The number of esters is 1. The Hall–Kier alpha value is -1.42. The number of carbonyl (C=O) groups excluding carboxylic acids is 1. The predicted molar refractivity (Wildman–Crippen MR) is 83.3 cm³/mol. The van der Waals surface area contributed by atoms with Crippen LogP contribution in [-0.2, 0) is 14.3 Å². The summed E-state index contributed by atoms with van der Waals surface area (Å²) in [5, 5.41) is 0. The second-order valence-electron chi connectivity index (χ2n) is 6.34. The molecule has 1 aliphatic heterocycles. The summed E-state index contributed by atoms with van der Waals surface area (Å²) in [6.45, 7) is 8.53. The highest BCUT2D eigenvalue weighted by atomic mass is 16.8. The van der Waals surface area contributed by atoms with Crippen LogP contribution < -0.4 is 0 Å². The van der Waals surface area contributed by atoms with Crippen molar-refractivity contribution in [1.82, 2.24) is 0 Å². The fourth-order valence-corrected chi connectivity index (χ4v) is 2.56. The molecule has 21 heavy (non-hydrogen) atoms. The number of ether oxygens (including phenoxy) is 2. The SMILES string of the molecule is CC(C)C1=CC=CC(=NCCC2OC(C)(C)OC2=O)CC1. The number of allylic oxidation sites excluding steroid dienone is 4. The van der Waals surface area contributed by atoms with Crippen LogP contribution in [0.3, 0.4) is 0 Å². The minimum Gasteiger partial charge on any atom is -0.432 e. The van der Waals surface area contributed by atoms with Crippen molar-refractivity contribution in [1.29, 1.82) is 0 Å². The molecule has 1 saturated heterocycles. The number of nitrogens with zero attached hydrogens (tertiary/aromatic N) is 1. The van der Waals surface area contributed by atoms with Gasteiger partial charge in [0.05, 0.1) is 0 Å². The Morgan fingerprint density at radius 2 is 2.14 bits per heavy atom. The van der Waals surface area contributed by atoms with E-state index in [0.717, 1.165) is 18.6 Å². The lowest BCUT2D eigenvalue weighted by Gasteiger charge is -2.14. The van der Waals surface area contributed by atoms with Crippen LogP contribution in [0.2, 0.25) is 0 Å². The lowest BCUT2D eigenvalue weighted by atomic mass is 9.98. The predicted octanol–water partition coefficient (Wildman–Crippen LogP) is 3.43. The molecule has 116 valence electrons. The first kappa shape index (κ1) is 16.0. The highest BCUT2D eigenvalue weighted by molar-refractivity contribution is 5.95. The molecule has 0 radical (unpaired) electrons. The molecule has 1 heterocycles. The largest absolute Gasteiger partial charge is 0.432 e. The number of carbonyl (C=O) groups is 1. The van der Waals surface area contributed by atoms with Gasteiger partial charge < -0.3 is 9.47 Å². The van der Waals surface area contributed by atoms with Crippen LogP contribution in [0.4, 0.5) is 0 Å². The van der Waals surface area contributed by atoms with Gasteiger partial charge in [-0.1, -0.05) is 31.6 Å². The first-order valence-electron chi connectivity index (χ1n) is 7.68. The van der Waals surface area contributed by atoms with E-state index in [9.17, 15) is 4.79 Å². The van der Waals surface area contributed by atoms with Gasteiger partial charge in [0.1, 0.15) is 0 Å². The molecule has 0 aromatic carbocycles. The maximum Gasteiger partial charge on any atom is 0.337 e. The Kier molecular flexibility index (Phi) is 4.99. The van der Waals surface area contributed by atoms with Crippen LogP contribution >= 0.6 is 0 Å². The van der Waals surface area contributed by atoms with Crippen molar-refractivity contribution in [3.63, 3.8) is 0 Å². The van der Waals surface area contributed by atoms with Crippen LogP contribution in [0.15, 0.2) is 28.8 Å². The highest BCUT2D eigenvalue weighted by Gasteiger charge is 2.40. The van der Waals surface area contributed by atoms with Gasteiger partial charge in [-0.2, -0.15) is 0 Å². The van der Waals surface area contributed by atoms with Gasteiger partial charge in [-0.3, -0.25) is 4.99 Å². The van der Waals surface area contributed by atoms with Gasteiger partial charge in [0, 0.05) is 32.5 Å². The summed E-state index contributed by atoms with van der Waals surface area (Å²) in [6, 6.07) is 0. The van der Waals surface area contributed by atoms with E-state index >= 15 is 0 Å². The third kappa shape index (κ3) is 4.53. The van der Waals surface area contributed by atoms with E-state index < -0.39 is 11.9 Å².